The van der Waals surface area contributed by atoms with Crippen LogP contribution in [0.2, 0.25) is 0 Å². The molecular weight excluding hydrogens is 261 g/mol. The van der Waals surface area contributed by atoms with Gasteiger partial charge in [0.05, 0.1) is 12.9 Å². The molecule has 1 atom stereocenters. The Kier molecular flexibility index (Phi) is 3.58. The minimum atomic E-state index is -3.95. The first kappa shape index (κ1) is 12.9. The topological polar surface area (TPSA) is 125 Å². The van der Waals surface area contributed by atoms with Gasteiger partial charge in [-0.1, -0.05) is 0 Å². The SMILES string of the molecule is COP(=O)(O)OCCn1cnc2c(N)ncnc21. The molecule has 0 aliphatic carbocycles. The average molecular weight is 273 g/mol. The molecule has 0 aromatic carbocycles. The Morgan fingerprint density at radius 2 is 2.28 bits per heavy atom. The number of rotatable bonds is 5. The molecule has 0 aliphatic rings. The van der Waals surface area contributed by atoms with Gasteiger partial charge in [0.2, 0.25) is 0 Å². The first-order chi connectivity index (χ1) is 8.53. The van der Waals surface area contributed by atoms with E-state index in [1.807, 2.05) is 0 Å². The quantitative estimate of drug-likeness (QED) is 0.738. The van der Waals surface area contributed by atoms with Crippen LogP contribution in [-0.2, 0) is 20.2 Å². The zero-order valence-electron chi connectivity index (χ0n) is 9.55. The molecule has 0 radical (unpaired) electrons. The van der Waals surface area contributed by atoms with E-state index in [1.165, 1.54) is 12.7 Å². The van der Waals surface area contributed by atoms with E-state index in [-0.39, 0.29) is 12.4 Å². The number of hydrogen-bond acceptors (Lipinski definition) is 7. The normalized spacial score (nSPS) is 14.8. The smallest absolute Gasteiger partial charge is 0.382 e. The number of nitrogen functional groups attached to an aromatic ring is 1. The molecule has 0 spiro atoms. The molecule has 2 aromatic rings. The molecule has 0 saturated carbocycles. The number of phosphoric acid groups is 1. The van der Waals surface area contributed by atoms with Gasteiger partial charge in [-0.2, -0.15) is 0 Å². The Bertz CT molecular complexity index is 600. The maximum Gasteiger partial charge on any atom is 0.471 e. The third-order valence-electron chi connectivity index (χ3n) is 2.25. The molecule has 0 saturated heterocycles. The fourth-order valence-corrected chi connectivity index (χ4v) is 1.79. The molecule has 98 valence electrons. The van der Waals surface area contributed by atoms with Crippen LogP contribution in [0.15, 0.2) is 12.7 Å². The third kappa shape index (κ3) is 2.65. The van der Waals surface area contributed by atoms with Crippen molar-refractivity contribution in [2.24, 2.45) is 0 Å². The number of imidazole rings is 1. The lowest BCUT2D eigenvalue weighted by molar-refractivity contribution is 0.168. The van der Waals surface area contributed by atoms with E-state index in [1.54, 1.807) is 4.57 Å². The van der Waals surface area contributed by atoms with Crippen molar-refractivity contribution in [3.63, 3.8) is 0 Å². The summed E-state index contributed by atoms with van der Waals surface area (Å²) < 4.78 is 21.7. The minimum Gasteiger partial charge on any atom is -0.382 e. The average Bonchev–Trinajstić information content (AvgIpc) is 2.74. The molecule has 1 unspecified atom stereocenters. The van der Waals surface area contributed by atoms with Crippen LogP contribution < -0.4 is 5.73 Å². The highest BCUT2D eigenvalue weighted by atomic mass is 31.2. The summed E-state index contributed by atoms with van der Waals surface area (Å²) >= 11 is 0. The summed E-state index contributed by atoms with van der Waals surface area (Å²) in [5.41, 5.74) is 6.65. The maximum atomic E-state index is 11.1. The Morgan fingerprint density at radius 1 is 1.50 bits per heavy atom. The zero-order valence-corrected chi connectivity index (χ0v) is 10.4. The van der Waals surface area contributed by atoms with Gasteiger partial charge in [-0.3, -0.25) is 9.05 Å². The van der Waals surface area contributed by atoms with Gasteiger partial charge in [0.1, 0.15) is 11.8 Å². The largest absolute Gasteiger partial charge is 0.471 e. The number of hydrogen-bond donors (Lipinski definition) is 2. The van der Waals surface area contributed by atoms with Crippen LogP contribution in [0, 0.1) is 0 Å². The number of fused-ring (bicyclic) bond motifs is 1. The van der Waals surface area contributed by atoms with Crippen molar-refractivity contribution >= 4 is 24.8 Å². The molecule has 3 N–H and O–H groups in total. The number of nitrogens with zero attached hydrogens (tertiary/aromatic N) is 4. The summed E-state index contributed by atoms with van der Waals surface area (Å²) in [5.74, 6) is 0.282. The standard InChI is InChI=1S/C8H12N5O4P/c1-16-18(14,15)17-3-2-13-5-12-6-7(9)10-4-11-8(6)13/h4-5H,2-3H2,1H3,(H,14,15)(H2,9,10,11). The van der Waals surface area contributed by atoms with Crippen LogP contribution in [0.1, 0.15) is 0 Å². The second kappa shape index (κ2) is 4.99. The van der Waals surface area contributed by atoms with Gasteiger partial charge in [0, 0.05) is 13.7 Å². The van der Waals surface area contributed by atoms with Crippen LogP contribution in [0.25, 0.3) is 11.2 Å². The molecule has 0 aliphatic heterocycles. The number of phosphoric ester groups is 1. The Balaban J connectivity index is 2.09. The van der Waals surface area contributed by atoms with Crippen LogP contribution in [0.5, 0.6) is 0 Å². The minimum absolute atomic E-state index is 0.0169. The van der Waals surface area contributed by atoms with Gasteiger partial charge in [-0.15, -0.1) is 0 Å². The lowest BCUT2D eigenvalue weighted by Gasteiger charge is -2.09. The van der Waals surface area contributed by atoms with Crippen molar-refractivity contribution < 1.29 is 18.5 Å². The van der Waals surface area contributed by atoms with E-state index in [9.17, 15) is 4.57 Å². The lowest BCUT2D eigenvalue weighted by Crippen LogP contribution is -2.05. The summed E-state index contributed by atoms with van der Waals surface area (Å²) in [7, 11) is -2.85. The predicted octanol–water partition coefficient (Wildman–Crippen LogP) is 0.172. The molecule has 18 heavy (non-hydrogen) atoms. The highest BCUT2D eigenvalue weighted by Gasteiger charge is 2.18. The Morgan fingerprint density at radius 3 is 3.00 bits per heavy atom. The summed E-state index contributed by atoms with van der Waals surface area (Å²) in [5, 5.41) is 0. The molecule has 9 nitrogen and oxygen atoms in total. The fourth-order valence-electron chi connectivity index (χ4n) is 1.37. The highest BCUT2D eigenvalue weighted by Crippen LogP contribution is 2.41. The van der Waals surface area contributed by atoms with Gasteiger partial charge >= 0.3 is 7.82 Å². The predicted molar refractivity (Wildman–Crippen MR) is 62.5 cm³/mol. The number of anilines is 1. The Labute approximate surface area is 102 Å². The van der Waals surface area contributed by atoms with Crippen molar-refractivity contribution in [1.82, 2.24) is 19.5 Å². The second-order valence-corrected chi connectivity index (χ2v) is 4.91. The zero-order chi connectivity index (χ0) is 13.2. The monoisotopic (exact) mass is 273 g/mol. The van der Waals surface area contributed by atoms with Crippen molar-refractivity contribution in [3.8, 4) is 0 Å². The van der Waals surface area contributed by atoms with Gasteiger partial charge in [-0.05, 0) is 0 Å². The van der Waals surface area contributed by atoms with E-state index in [2.05, 4.69) is 19.5 Å². The van der Waals surface area contributed by atoms with E-state index < -0.39 is 7.82 Å². The van der Waals surface area contributed by atoms with Crippen molar-refractivity contribution in [3.05, 3.63) is 12.7 Å². The number of aromatic nitrogens is 4. The first-order valence-electron chi connectivity index (χ1n) is 4.98. The summed E-state index contributed by atoms with van der Waals surface area (Å²) in [4.78, 5) is 20.9. The summed E-state index contributed by atoms with van der Waals surface area (Å²) in [6, 6.07) is 0. The molecule has 0 bridgehead atoms. The number of nitrogens with two attached hydrogens (primary N) is 1. The van der Waals surface area contributed by atoms with Crippen molar-refractivity contribution in [2.75, 3.05) is 19.5 Å². The fraction of sp³-hybridized carbons (Fsp3) is 0.375. The van der Waals surface area contributed by atoms with E-state index in [0.717, 1.165) is 7.11 Å². The molecular formula is C8H12N5O4P. The van der Waals surface area contributed by atoms with E-state index in [0.29, 0.717) is 17.7 Å². The molecule has 2 aromatic heterocycles. The van der Waals surface area contributed by atoms with Crippen molar-refractivity contribution in [2.45, 2.75) is 6.54 Å². The highest BCUT2D eigenvalue weighted by molar-refractivity contribution is 7.47. The van der Waals surface area contributed by atoms with E-state index in [4.69, 9.17) is 15.2 Å². The van der Waals surface area contributed by atoms with Crippen LogP contribution in [0.3, 0.4) is 0 Å². The van der Waals surface area contributed by atoms with Gasteiger partial charge in [0.25, 0.3) is 0 Å². The first-order valence-corrected chi connectivity index (χ1v) is 6.47. The van der Waals surface area contributed by atoms with Crippen molar-refractivity contribution in [1.29, 1.82) is 0 Å². The lowest BCUT2D eigenvalue weighted by atomic mass is 10.5. The summed E-state index contributed by atoms with van der Waals surface area (Å²) in [6.45, 7) is 0.276. The van der Waals surface area contributed by atoms with Gasteiger partial charge in [-0.25, -0.2) is 19.5 Å². The third-order valence-corrected chi connectivity index (χ3v) is 3.22. The van der Waals surface area contributed by atoms with Gasteiger partial charge < -0.3 is 15.2 Å². The molecule has 10 heteroatoms. The molecule has 2 rings (SSSR count). The molecule has 2 heterocycles. The van der Waals surface area contributed by atoms with E-state index >= 15 is 0 Å². The molecule has 0 fully saturated rings. The Hall–Kier alpha value is -1.54. The maximum absolute atomic E-state index is 11.1. The second-order valence-electron chi connectivity index (χ2n) is 3.35. The molecule has 0 amide bonds. The van der Waals surface area contributed by atoms with Crippen LogP contribution in [0.4, 0.5) is 5.82 Å². The summed E-state index contributed by atoms with van der Waals surface area (Å²) in [6.07, 6.45) is 2.83. The van der Waals surface area contributed by atoms with Crippen LogP contribution in [-0.4, -0.2) is 38.1 Å². The van der Waals surface area contributed by atoms with Gasteiger partial charge in [0.15, 0.2) is 11.5 Å². The van der Waals surface area contributed by atoms with Crippen LogP contribution >= 0.6 is 7.82 Å².